The second-order valence-electron chi connectivity index (χ2n) is 1.43. The van der Waals surface area contributed by atoms with Crippen molar-refractivity contribution in [2.24, 2.45) is 0 Å². The van der Waals surface area contributed by atoms with E-state index in [9.17, 15) is 4.79 Å². The van der Waals surface area contributed by atoms with Crippen LogP contribution in [0, 0.1) is 6.92 Å². The van der Waals surface area contributed by atoms with Gasteiger partial charge in [0.1, 0.15) is 5.15 Å². The number of aromatic nitrogens is 1. The second kappa shape index (κ2) is 1.91. The first-order valence-corrected chi connectivity index (χ1v) is 3.25. The van der Waals surface area contributed by atoms with Crippen molar-refractivity contribution in [3.63, 3.8) is 0 Å². The van der Waals surface area contributed by atoms with Crippen LogP contribution in [0.1, 0.15) is 5.56 Å². The van der Waals surface area contributed by atoms with Crippen LogP contribution in [0.25, 0.3) is 0 Å². The van der Waals surface area contributed by atoms with Crippen LogP contribution in [0.4, 0.5) is 0 Å². The van der Waals surface area contributed by atoms with Gasteiger partial charge in [0.2, 0.25) is 0 Å². The van der Waals surface area contributed by atoms with E-state index in [-0.39, 0.29) is 4.74 Å². The van der Waals surface area contributed by atoms with Crippen molar-refractivity contribution in [2.45, 2.75) is 6.92 Å². The van der Waals surface area contributed by atoms with E-state index in [1.807, 2.05) is 0 Å². The first kappa shape index (κ1) is 5.85. The number of rotatable bonds is 0. The molecule has 0 aromatic carbocycles. The molecule has 0 atom stereocenters. The lowest BCUT2D eigenvalue weighted by Gasteiger charge is -1.75. The summed E-state index contributed by atoms with van der Waals surface area (Å²) in [6.07, 6.45) is 0. The Balaban J connectivity index is 3.41. The van der Waals surface area contributed by atoms with Crippen molar-refractivity contribution < 1.29 is 0 Å². The molecule has 0 saturated carbocycles. The van der Waals surface area contributed by atoms with Crippen LogP contribution in [0.15, 0.2) is 4.79 Å². The van der Waals surface area contributed by atoms with E-state index in [2.05, 4.69) is 4.37 Å². The fourth-order valence-electron chi connectivity index (χ4n) is 0.334. The van der Waals surface area contributed by atoms with E-state index in [0.29, 0.717) is 10.7 Å². The maximum Gasteiger partial charge on any atom is 0.253 e. The van der Waals surface area contributed by atoms with E-state index in [0.717, 1.165) is 11.5 Å². The highest BCUT2D eigenvalue weighted by atomic mass is 35.5. The maximum atomic E-state index is 10.5. The average molecular weight is 150 g/mol. The van der Waals surface area contributed by atoms with Gasteiger partial charge in [0.15, 0.2) is 0 Å². The Bertz CT molecular complexity index is 238. The molecule has 8 heavy (non-hydrogen) atoms. The molecule has 44 valence electrons. The Morgan fingerprint density at radius 3 is 2.50 bits per heavy atom. The molecule has 0 fully saturated rings. The van der Waals surface area contributed by atoms with Gasteiger partial charge < -0.3 is 0 Å². The SMILES string of the molecule is Cc1c(Cl)[nH]sc1=O. The van der Waals surface area contributed by atoms with Gasteiger partial charge in [-0.1, -0.05) is 11.6 Å². The van der Waals surface area contributed by atoms with Gasteiger partial charge in [0.05, 0.1) is 0 Å². The van der Waals surface area contributed by atoms with E-state index in [1.165, 1.54) is 0 Å². The highest BCUT2D eigenvalue weighted by Gasteiger charge is 1.98. The molecule has 0 aliphatic rings. The van der Waals surface area contributed by atoms with Crippen LogP contribution < -0.4 is 4.74 Å². The third kappa shape index (κ3) is 0.788. The number of nitrogens with one attached hydrogen (secondary N) is 1. The number of hydrogen-bond acceptors (Lipinski definition) is 2. The van der Waals surface area contributed by atoms with Gasteiger partial charge in [-0.2, -0.15) is 0 Å². The van der Waals surface area contributed by atoms with Crippen LogP contribution in [-0.4, -0.2) is 4.37 Å². The number of H-pyrrole nitrogens is 1. The molecule has 4 heteroatoms. The summed E-state index contributed by atoms with van der Waals surface area (Å²) in [5.41, 5.74) is 0.608. The Kier molecular flexibility index (Phi) is 1.40. The van der Waals surface area contributed by atoms with Gasteiger partial charge in [-0.05, 0) is 18.5 Å². The molecule has 0 aliphatic carbocycles. The second-order valence-corrected chi connectivity index (χ2v) is 2.59. The van der Waals surface area contributed by atoms with Crippen molar-refractivity contribution >= 4 is 23.1 Å². The minimum Gasteiger partial charge on any atom is -0.298 e. The molecule has 1 rings (SSSR count). The van der Waals surface area contributed by atoms with Crippen LogP contribution in [-0.2, 0) is 0 Å². The summed E-state index contributed by atoms with van der Waals surface area (Å²) in [7, 11) is 0. The Morgan fingerprint density at radius 1 is 1.75 bits per heavy atom. The van der Waals surface area contributed by atoms with E-state index >= 15 is 0 Å². The molecule has 1 N–H and O–H groups in total. The third-order valence-corrected chi connectivity index (χ3v) is 2.16. The summed E-state index contributed by atoms with van der Waals surface area (Å²) >= 11 is 6.50. The van der Waals surface area contributed by atoms with E-state index < -0.39 is 0 Å². The highest BCUT2D eigenvalue weighted by molar-refractivity contribution is 7.03. The molecule has 0 unspecified atom stereocenters. The molecule has 0 bridgehead atoms. The molecule has 1 aromatic heterocycles. The minimum atomic E-state index is 0.00926. The molecule has 0 radical (unpaired) electrons. The van der Waals surface area contributed by atoms with E-state index in [1.54, 1.807) is 6.92 Å². The van der Waals surface area contributed by atoms with Crippen molar-refractivity contribution in [1.29, 1.82) is 0 Å². The lowest BCUT2D eigenvalue weighted by molar-refractivity contribution is 1.43. The fraction of sp³-hybridized carbons (Fsp3) is 0.250. The Hall–Kier alpha value is -0.280. The van der Waals surface area contributed by atoms with Crippen LogP contribution in [0.2, 0.25) is 5.15 Å². The predicted molar refractivity (Wildman–Crippen MR) is 34.7 cm³/mol. The summed E-state index contributed by atoms with van der Waals surface area (Å²) in [6, 6.07) is 0. The largest absolute Gasteiger partial charge is 0.298 e. The maximum absolute atomic E-state index is 10.5. The molecule has 0 aliphatic heterocycles. The Labute approximate surface area is 55.3 Å². The first-order chi connectivity index (χ1) is 3.72. The van der Waals surface area contributed by atoms with Gasteiger partial charge in [-0.15, -0.1) is 0 Å². The summed E-state index contributed by atoms with van der Waals surface area (Å²) < 4.78 is 2.64. The van der Waals surface area contributed by atoms with Gasteiger partial charge >= 0.3 is 0 Å². The average Bonchev–Trinajstić information content (AvgIpc) is 1.98. The van der Waals surface area contributed by atoms with Crippen LogP contribution in [0.5, 0.6) is 0 Å². The fourth-order valence-corrected chi connectivity index (χ4v) is 1.18. The van der Waals surface area contributed by atoms with Crippen molar-refractivity contribution in [3.8, 4) is 0 Å². The summed E-state index contributed by atoms with van der Waals surface area (Å²) in [5, 5.41) is 0.458. The normalized spacial score (nSPS) is 9.75. The molecule has 2 nitrogen and oxygen atoms in total. The predicted octanol–water partition coefficient (Wildman–Crippen LogP) is 1.40. The lowest BCUT2D eigenvalue weighted by Crippen LogP contribution is -1.90. The minimum absolute atomic E-state index is 0.00926. The van der Waals surface area contributed by atoms with Gasteiger partial charge in [0.25, 0.3) is 4.74 Å². The van der Waals surface area contributed by atoms with Gasteiger partial charge in [-0.25, -0.2) is 0 Å². The number of halogens is 1. The summed E-state index contributed by atoms with van der Waals surface area (Å²) in [4.78, 5) is 10.5. The lowest BCUT2D eigenvalue weighted by atomic mass is 10.4. The first-order valence-electron chi connectivity index (χ1n) is 2.05. The number of aromatic amines is 1. The molecule has 0 spiro atoms. The topological polar surface area (TPSA) is 32.9 Å². The smallest absolute Gasteiger partial charge is 0.253 e. The summed E-state index contributed by atoms with van der Waals surface area (Å²) in [6.45, 7) is 1.69. The zero-order valence-corrected chi connectivity index (χ0v) is 5.77. The third-order valence-electron chi connectivity index (χ3n) is 0.869. The van der Waals surface area contributed by atoms with Crippen molar-refractivity contribution in [1.82, 2.24) is 4.37 Å². The zero-order valence-electron chi connectivity index (χ0n) is 4.19. The quantitative estimate of drug-likeness (QED) is 0.594. The molecule has 0 amide bonds. The van der Waals surface area contributed by atoms with Gasteiger partial charge in [-0.3, -0.25) is 9.17 Å². The molecule has 1 heterocycles. The van der Waals surface area contributed by atoms with Crippen molar-refractivity contribution in [3.05, 3.63) is 20.3 Å². The van der Waals surface area contributed by atoms with Crippen molar-refractivity contribution in [2.75, 3.05) is 0 Å². The molecular formula is C4H4ClNOS. The standard InChI is InChI=1S/C4H4ClNOS/c1-2-3(5)6-8-4(2)7/h6H,1H3. The van der Waals surface area contributed by atoms with Crippen LogP contribution in [0.3, 0.4) is 0 Å². The Morgan fingerprint density at radius 2 is 2.38 bits per heavy atom. The molecular weight excluding hydrogens is 146 g/mol. The zero-order chi connectivity index (χ0) is 6.15. The molecule has 0 saturated heterocycles. The monoisotopic (exact) mass is 149 g/mol. The van der Waals surface area contributed by atoms with E-state index in [4.69, 9.17) is 11.6 Å². The van der Waals surface area contributed by atoms with Gasteiger partial charge in [0, 0.05) is 5.56 Å². The number of hydrogen-bond donors (Lipinski definition) is 1. The van der Waals surface area contributed by atoms with Crippen LogP contribution >= 0.6 is 23.1 Å². The highest BCUT2D eigenvalue weighted by Crippen LogP contribution is 2.07. The molecule has 1 aromatic rings. The summed E-state index contributed by atoms with van der Waals surface area (Å²) in [5.74, 6) is 0.